The van der Waals surface area contributed by atoms with Gasteiger partial charge in [0.25, 0.3) is 0 Å². The fraction of sp³-hybridized carbons (Fsp3) is 0.500. The Balaban J connectivity index is 2.19. The maximum atomic E-state index is 12.6. The minimum absolute atomic E-state index is 0.293. The van der Waals surface area contributed by atoms with Crippen LogP contribution in [0, 0.1) is 6.92 Å². The first kappa shape index (κ1) is 18.7. The van der Waals surface area contributed by atoms with Gasteiger partial charge in [0, 0.05) is 23.8 Å². The van der Waals surface area contributed by atoms with Crippen LogP contribution in [0.25, 0.3) is 0 Å². The molecule has 0 amide bonds. The molecule has 0 fully saturated rings. The molecule has 0 spiro atoms. The number of sulfonamides is 1. The first-order chi connectivity index (χ1) is 11.3. The minimum Gasteiger partial charge on any atom is -0.270 e. The summed E-state index contributed by atoms with van der Waals surface area (Å²) in [6.07, 6.45) is 2.76. The van der Waals surface area contributed by atoms with Crippen molar-refractivity contribution in [1.82, 2.24) is 14.5 Å². The van der Waals surface area contributed by atoms with Gasteiger partial charge in [-0.15, -0.1) is 0 Å². The molecule has 0 aliphatic rings. The van der Waals surface area contributed by atoms with E-state index in [9.17, 15) is 8.42 Å². The van der Waals surface area contributed by atoms with Crippen molar-refractivity contribution in [3.8, 4) is 0 Å². The molecular weight excluding hydrogens is 322 g/mol. The van der Waals surface area contributed by atoms with Crippen molar-refractivity contribution in [1.29, 1.82) is 0 Å². The molecule has 0 saturated carbocycles. The van der Waals surface area contributed by atoms with Crippen LogP contribution in [-0.4, -0.2) is 18.2 Å². The predicted molar refractivity (Wildman–Crippen MR) is 96.5 cm³/mol. The first-order valence-corrected chi connectivity index (χ1v) is 9.93. The summed E-state index contributed by atoms with van der Waals surface area (Å²) in [5, 5.41) is 4.28. The molecular formula is C18H27N3O2S. The average molecular weight is 350 g/mol. The van der Waals surface area contributed by atoms with E-state index < -0.39 is 10.0 Å². The highest BCUT2D eigenvalue weighted by Gasteiger charge is 2.21. The molecule has 0 bridgehead atoms. The van der Waals surface area contributed by atoms with Crippen molar-refractivity contribution in [2.75, 3.05) is 0 Å². The SMILES string of the molecule is CCC(C)c1ccc(S(=O)(=O)NC(C)c2cnn(CC)c2C)cc1. The summed E-state index contributed by atoms with van der Waals surface area (Å²) in [5.41, 5.74) is 3.04. The molecule has 0 aliphatic heterocycles. The highest BCUT2D eigenvalue weighted by atomic mass is 32.2. The molecule has 1 aromatic heterocycles. The number of hydrogen-bond donors (Lipinski definition) is 1. The number of benzene rings is 1. The van der Waals surface area contributed by atoms with Gasteiger partial charge in [-0.25, -0.2) is 13.1 Å². The second kappa shape index (κ2) is 7.49. The van der Waals surface area contributed by atoms with Gasteiger partial charge in [-0.1, -0.05) is 26.0 Å². The zero-order chi connectivity index (χ0) is 17.9. The maximum Gasteiger partial charge on any atom is 0.241 e. The Hall–Kier alpha value is -1.66. The Bertz CT molecular complexity index is 779. The summed E-state index contributed by atoms with van der Waals surface area (Å²) in [6, 6.07) is 6.82. The van der Waals surface area contributed by atoms with Gasteiger partial charge in [-0.2, -0.15) is 5.10 Å². The van der Waals surface area contributed by atoms with Gasteiger partial charge < -0.3 is 0 Å². The summed E-state index contributed by atoms with van der Waals surface area (Å²) >= 11 is 0. The molecule has 1 aromatic carbocycles. The molecule has 5 nitrogen and oxygen atoms in total. The molecule has 6 heteroatoms. The van der Waals surface area contributed by atoms with E-state index >= 15 is 0 Å². The van der Waals surface area contributed by atoms with Crippen LogP contribution in [0.4, 0.5) is 0 Å². The zero-order valence-electron chi connectivity index (χ0n) is 15.1. The third kappa shape index (κ3) is 3.87. The molecule has 1 heterocycles. The summed E-state index contributed by atoms with van der Waals surface area (Å²) in [7, 11) is -3.56. The van der Waals surface area contributed by atoms with E-state index in [1.54, 1.807) is 18.3 Å². The second-order valence-corrected chi connectivity index (χ2v) is 7.94. The Kier molecular flexibility index (Phi) is 5.83. The van der Waals surface area contributed by atoms with Crippen LogP contribution in [-0.2, 0) is 16.6 Å². The van der Waals surface area contributed by atoms with Crippen molar-refractivity contribution in [3.05, 3.63) is 47.3 Å². The normalized spacial score (nSPS) is 14.5. The molecule has 2 aromatic rings. The van der Waals surface area contributed by atoms with Gasteiger partial charge in [0.05, 0.1) is 11.1 Å². The molecule has 2 atom stereocenters. The number of aryl methyl sites for hydroxylation is 1. The van der Waals surface area contributed by atoms with Crippen molar-refractivity contribution in [2.45, 2.75) is 64.4 Å². The van der Waals surface area contributed by atoms with Crippen LogP contribution in [0.2, 0.25) is 0 Å². The number of nitrogens with one attached hydrogen (secondary N) is 1. The fourth-order valence-electron chi connectivity index (χ4n) is 2.78. The van der Waals surface area contributed by atoms with E-state index in [1.165, 1.54) is 0 Å². The number of rotatable bonds is 7. The van der Waals surface area contributed by atoms with Crippen molar-refractivity contribution in [3.63, 3.8) is 0 Å². The van der Waals surface area contributed by atoms with Gasteiger partial charge in [-0.3, -0.25) is 4.68 Å². The molecule has 0 aliphatic carbocycles. The van der Waals surface area contributed by atoms with Gasteiger partial charge in [0.15, 0.2) is 0 Å². The van der Waals surface area contributed by atoms with Crippen molar-refractivity contribution >= 4 is 10.0 Å². The van der Waals surface area contributed by atoms with Crippen LogP contribution in [0.1, 0.15) is 62.9 Å². The minimum atomic E-state index is -3.56. The molecule has 0 radical (unpaired) electrons. The number of aromatic nitrogens is 2. The molecule has 1 N–H and O–H groups in total. The van der Waals surface area contributed by atoms with Gasteiger partial charge >= 0.3 is 0 Å². The van der Waals surface area contributed by atoms with Crippen LogP contribution in [0.3, 0.4) is 0 Å². The lowest BCUT2D eigenvalue weighted by atomic mass is 9.99. The lowest BCUT2D eigenvalue weighted by Gasteiger charge is -2.15. The van der Waals surface area contributed by atoms with E-state index in [-0.39, 0.29) is 6.04 Å². The summed E-state index contributed by atoms with van der Waals surface area (Å²) < 4.78 is 29.8. The van der Waals surface area contributed by atoms with E-state index in [1.807, 2.05) is 37.6 Å². The predicted octanol–water partition coefficient (Wildman–Crippen LogP) is 3.76. The first-order valence-electron chi connectivity index (χ1n) is 8.44. The maximum absolute atomic E-state index is 12.6. The Morgan fingerprint density at radius 2 is 1.79 bits per heavy atom. The summed E-state index contributed by atoms with van der Waals surface area (Å²) in [6.45, 7) is 10.8. The van der Waals surface area contributed by atoms with E-state index in [0.29, 0.717) is 10.8 Å². The molecule has 132 valence electrons. The van der Waals surface area contributed by atoms with E-state index in [2.05, 4.69) is 23.7 Å². The van der Waals surface area contributed by atoms with Gasteiger partial charge in [0.1, 0.15) is 0 Å². The molecule has 24 heavy (non-hydrogen) atoms. The van der Waals surface area contributed by atoms with Crippen LogP contribution < -0.4 is 4.72 Å². The lowest BCUT2D eigenvalue weighted by molar-refractivity contribution is 0.565. The zero-order valence-corrected chi connectivity index (χ0v) is 15.9. The third-order valence-corrected chi connectivity index (χ3v) is 6.17. The van der Waals surface area contributed by atoms with E-state index in [4.69, 9.17) is 0 Å². The smallest absolute Gasteiger partial charge is 0.241 e. The topological polar surface area (TPSA) is 64.0 Å². The second-order valence-electron chi connectivity index (χ2n) is 6.22. The highest BCUT2D eigenvalue weighted by molar-refractivity contribution is 7.89. The van der Waals surface area contributed by atoms with Crippen molar-refractivity contribution in [2.24, 2.45) is 0 Å². The number of hydrogen-bond acceptors (Lipinski definition) is 3. The molecule has 2 rings (SSSR count). The van der Waals surface area contributed by atoms with Crippen LogP contribution >= 0.6 is 0 Å². The highest BCUT2D eigenvalue weighted by Crippen LogP contribution is 2.23. The van der Waals surface area contributed by atoms with Gasteiger partial charge in [0.2, 0.25) is 10.0 Å². The summed E-state index contributed by atoms with van der Waals surface area (Å²) in [5.74, 6) is 0.427. The average Bonchev–Trinajstić information content (AvgIpc) is 2.94. The lowest BCUT2D eigenvalue weighted by Crippen LogP contribution is -2.27. The van der Waals surface area contributed by atoms with Crippen LogP contribution in [0.15, 0.2) is 35.4 Å². The molecule has 0 saturated heterocycles. The summed E-state index contributed by atoms with van der Waals surface area (Å²) in [4.78, 5) is 0.293. The largest absolute Gasteiger partial charge is 0.270 e. The van der Waals surface area contributed by atoms with E-state index in [0.717, 1.165) is 29.8 Å². The fourth-order valence-corrected chi connectivity index (χ4v) is 4.00. The van der Waals surface area contributed by atoms with Gasteiger partial charge in [-0.05, 0) is 50.8 Å². The van der Waals surface area contributed by atoms with Crippen LogP contribution in [0.5, 0.6) is 0 Å². The standard InChI is InChI=1S/C18H27N3O2S/c1-6-13(3)16-8-10-17(11-9-16)24(22,23)20-14(4)18-12-19-21(7-2)15(18)5/h8-14,20H,6-7H2,1-5H3. The number of nitrogens with zero attached hydrogens (tertiary/aromatic N) is 2. The quantitative estimate of drug-likeness (QED) is 0.827. The Morgan fingerprint density at radius 3 is 2.29 bits per heavy atom. The Labute approximate surface area is 145 Å². The third-order valence-electron chi connectivity index (χ3n) is 4.61. The molecule has 2 unspecified atom stereocenters. The van der Waals surface area contributed by atoms with Crippen molar-refractivity contribution < 1.29 is 8.42 Å². The monoisotopic (exact) mass is 349 g/mol. The Morgan fingerprint density at radius 1 is 1.17 bits per heavy atom.